The van der Waals surface area contributed by atoms with Crippen LogP contribution in [0.2, 0.25) is 0 Å². The van der Waals surface area contributed by atoms with E-state index in [1.165, 1.54) is 5.56 Å². The van der Waals surface area contributed by atoms with Crippen molar-refractivity contribution in [3.05, 3.63) is 65.2 Å². The van der Waals surface area contributed by atoms with Gasteiger partial charge in [-0.1, -0.05) is 44.2 Å². The molecule has 0 atom stereocenters. The lowest BCUT2D eigenvalue weighted by atomic mass is 10.0. The van der Waals surface area contributed by atoms with Crippen LogP contribution in [0.25, 0.3) is 0 Å². The van der Waals surface area contributed by atoms with Gasteiger partial charge < -0.3 is 5.73 Å². The van der Waals surface area contributed by atoms with Crippen LogP contribution in [0.3, 0.4) is 0 Å². The van der Waals surface area contributed by atoms with Gasteiger partial charge >= 0.3 is 0 Å². The molecule has 0 aliphatic carbocycles. The van der Waals surface area contributed by atoms with Crippen LogP contribution in [0.15, 0.2) is 53.6 Å². The molecular weight excluding hydrogens is 262 g/mol. The molecule has 0 aliphatic heterocycles. The van der Waals surface area contributed by atoms with E-state index in [2.05, 4.69) is 36.5 Å². The summed E-state index contributed by atoms with van der Waals surface area (Å²) in [7, 11) is 0. The van der Waals surface area contributed by atoms with Gasteiger partial charge in [-0.05, 0) is 35.2 Å². The van der Waals surface area contributed by atoms with E-state index < -0.39 is 0 Å². The highest BCUT2D eigenvalue weighted by Crippen LogP contribution is 2.13. The number of hydrogen-bond donors (Lipinski definition) is 2. The predicted molar refractivity (Wildman–Crippen MR) is 86.4 cm³/mol. The van der Waals surface area contributed by atoms with E-state index in [4.69, 9.17) is 5.73 Å². The Bertz CT molecular complexity index is 645. The average molecular weight is 281 g/mol. The molecule has 2 aromatic carbocycles. The van der Waals surface area contributed by atoms with Gasteiger partial charge in [-0.3, -0.25) is 4.79 Å². The zero-order valence-electron chi connectivity index (χ0n) is 12.2. The average Bonchev–Trinajstić information content (AvgIpc) is 2.47. The highest BCUT2D eigenvalue weighted by Gasteiger charge is 2.03. The lowest BCUT2D eigenvalue weighted by Gasteiger charge is -2.04. The number of nitrogens with one attached hydrogen (secondary N) is 1. The summed E-state index contributed by atoms with van der Waals surface area (Å²) in [6.07, 6.45) is 1.62. The molecule has 2 rings (SSSR count). The normalized spacial score (nSPS) is 11.0. The number of benzene rings is 2. The van der Waals surface area contributed by atoms with E-state index in [1.54, 1.807) is 30.5 Å². The predicted octanol–water partition coefficient (Wildman–Crippen LogP) is 3.16. The van der Waals surface area contributed by atoms with Crippen molar-refractivity contribution in [2.45, 2.75) is 19.8 Å². The molecule has 0 radical (unpaired) electrons. The number of anilines is 1. The number of hydrogen-bond acceptors (Lipinski definition) is 3. The molecule has 1 amide bonds. The van der Waals surface area contributed by atoms with Gasteiger partial charge in [-0.2, -0.15) is 5.10 Å². The topological polar surface area (TPSA) is 67.5 Å². The first-order chi connectivity index (χ1) is 10.1. The molecular formula is C17H19N3O. The third kappa shape index (κ3) is 4.18. The second kappa shape index (κ2) is 6.70. The zero-order chi connectivity index (χ0) is 15.2. The summed E-state index contributed by atoms with van der Waals surface area (Å²) in [5, 5.41) is 3.96. The van der Waals surface area contributed by atoms with Crippen LogP contribution >= 0.6 is 0 Å². The van der Waals surface area contributed by atoms with Crippen LogP contribution in [0.5, 0.6) is 0 Å². The summed E-state index contributed by atoms with van der Waals surface area (Å²) in [5.41, 5.74) is 11.4. The fraction of sp³-hybridized carbons (Fsp3) is 0.176. The lowest BCUT2D eigenvalue weighted by Crippen LogP contribution is -2.17. The Morgan fingerprint density at radius 3 is 2.52 bits per heavy atom. The van der Waals surface area contributed by atoms with Gasteiger partial charge in [0.05, 0.1) is 6.21 Å². The van der Waals surface area contributed by atoms with Crippen molar-refractivity contribution in [2.24, 2.45) is 5.10 Å². The second-order valence-electron chi connectivity index (χ2n) is 5.15. The molecule has 0 aromatic heterocycles. The van der Waals surface area contributed by atoms with Crippen LogP contribution in [0, 0.1) is 0 Å². The minimum absolute atomic E-state index is 0.280. The van der Waals surface area contributed by atoms with Gasteiger partial charge in [0, 0.05) is 11.3 Å². The van der Waals surface area contributed by atoms with Gasteiger partial charge in [0.2, 0.25) is 0 Å². The van der Waals surface area contributed by atoms with E-state index >= 15 is 0 Å². The molecule has 0 saturated carbocycles. The number of carbonyl (C=O) groups is 1. The summed E-state index contributed by atoms with van der Waals surface area (Å²) in [5.74, 6) is 0.219. The lowest BCUT2D eigenvalue weighted by molar-refractivity contribution is 0.0955. The minimum atomic E-state index is -0.280. The van der Waals surface area contributed by atoms with Crippen molar-refractivity contribution in [1.29, 1.82) is 0 Å². The maximum atomic E-state index is 11.9. The molecule has 108 valence electrons. The number of nitrogen functional groups attached to an aromatic ring is 1. The molecule has 0 bridgehead atoms. The Hall–Kier alpha value is -2.62. The Labute approximate surface area is 124 Å². The molecule has 0 saturated heterocycles. The minimum Gasteiger partial charge on any atom is -0.399 e. The molecule has 0 unspecified atom stereocenters. The Morgan fingerprint density at radius 1 is 1.19 bits per heavy atom. The summed E-state index contributed by atoms with van der Waals surface area (Å²) >= 11 is 0. The van der Waals surface area contributed by atoms with E-state index in [9.17, 15) is 4.79 Å². The Morgan fingerprint density at radius 2 is 1.90 bits per heavy atom. The Kier molecular flexibility index (Phi) is 4.72. The maximum Gasteiger partial charge on any atom is 0.271 e. The van der Waals surface area contributed by atoms with Crippen molar-refractivity contribution in [2.75, 3.05) is 5.73 Å². The molecule has 3 N–H and O–H groups in total. The van der Waals surface area contributed by atoms with Crippen LogP contribution in [-0.2, 0) is 0 Å². The molecule has 21 heavy (non-hydrogen) atoms. The molecule has 4 heteroatoms. The number of carbonyl (C=O) groups excluding carboxylic acids is 1. The SMILES string of the molecule is CC(C)c1ccc(/C=N\NC(=O)c2cccc(N)c2)cc1. The molecule has 0 spiro atoms. The fourth-order valence-corrected chi connectivity index (χ4v) is 1.88. The number of nitrogens with two attached hydrogens (primary N) is 1. The van der Waals surface area contributed by atoms with E-state index in [0.29, 0.717) is 17.2 Å². The van der Waals surface area contributed by atoms with Crippen molar-refractivity contribution >= 4 is 17.8 Å². The van der Waals surface area contributed by atoms with Crippen LogP contribution in [-0.4, -0.2) is 12.1 Å². The summed E-state index contributed by atoms with van der Waals surface area (Å²) in [6.45, 7) is 4.30. The third-order valence-electron chi connectivity index (χ3n) is 3.13. The van der Waals surface area contributed by atoms with Crippen molar-refractivity contribution in [3.63, 3.8) is 0 Å². The molecule has 4 nitrogen and oxygen atoms in total. The molecule has 0 aliphatic rings. The number of nitrogens with zero attached hydrogens (tertiary/aromatic N) is 1. The smallest absolute Gasteiger partial charge is 0.271 e. The summed E-state index contributed by atoms with van der Waals surface area (Å²) in [4.78, 5) is 11.9. The van der Waals surface area contributed by atoms with Gasteiger partial charge in [-0.25, -0.2) is 5.43 Å². The third-order valence-corrected chi connectivity index (χ3v) is 3.13. The number of amides is 1. The van der Waals surface area contributed by atoms with Crippen LogP contribution in [0.4, 0.5) is 5.69 Å². The standard InChI is InChI=1S/C17H19N3O/c1-12(2)14-8-6-13(7-9-14)11-19-20-17(21)15-4-3-5-16(18)10-15/h3-12H,18H2,1-2H3,(H,20,21)/b19-11-. The van der Waals surface area contributed by atoms with Gasteiger partial charge in [-0.15, -0.1) is 0 Å². The highest BCUT2D eigenvalue weighted by molar-refractivity contribution is 5.95. The number of rotatable bonds is 4. The Balaban J connectivity index is 1.97. The zero-order valence-corrected chi connectivity index (χ0v) is 12.2. The van der Waals surface area contributed by atoms with E-state index in [0.717, 1.165) is 5.56 Å². The second-order valence-corrected chi connectivity index (χ2v) is 5.15. The quantitative estimate of drug-likeness (QED) is 0.513. The van der Waals surface area contributed by atoms with Crippen molar-refractivity contribution in [3.8, 4) is 0 Å². The monoisotopic (exact) mass is 281 g/mol. The fourth-order valence-electron chi connectivity index (χ4n) is 1.88. The molecule has 2 aromatic rings. The first kappa shape index (κ1) is 14.8. The molecule has 0 fully saturated rings. The molecule has 0 heterocycles. The van der Waals surface area contributed by atoms with Crippen LogP contribution in [0.1, 0.15) is 41.3 Å². The van der Waals surface area contributed by atoms with E-state index in [-0.39, 0.29) is 5.91 Å². The summed E-state index contributed by atoms with van der Waals surface area (Å²) < 4.78 is 0. The first-order valence-electron chi connectivity index (χ1n) is 6.85. The largest absolute Gasteiger partial charge is 0.399 e. The summed E-state index contributed by atoms with van der Waals surface area (Å²) in [6, 6.07) is 14.9. The number of hydrazone groups is 1. The van der Waals surface area contributed by atoms with Gasteiger partial charge in [0.25, 0.3) is 5.91 Å². The first-order valence-corrected chi connectivity index (χ1v) is 6.85. The van der Waals surface area contributed by atoms with Crippen molar-refractivity contribution in [1.82, 2.24) is 5.43 Å². The van der Waals surface area contributed by atoms with Crippen molar-refractivity contribution < 1.29 is 4.79 Å². The van der Waals surface area contributed by atoms with Gasteiger partial charge in [0.15, 0.2) is 0 Å². The van der Waals surface area contributed by atoms with Gasteiger partial charge in [0.1, 0.15) is 0 Å². The van der Waals surface area contributed by atoms with E-state index in [1.807, 2.05) is 12.1 Å². The maximum absolute atomic E-state index is 11.9. The highest BCUT2D eigenvalue weighted by atomic mass is 16.2. The van der Waals surface area contributed by atoms with Crippen LogP contribution < -0.4 is 11.2 Å².